The smallest absolute Gasteiger partial charge is 0.270 e. The van der Waals surface area contributed by atoms with Gasteiger partial charge in [-0.3, -0.25) is 4.98 Å². The zero-order chi connectivity index (χ0) is 22.2. The van der Waals surface area contributed by atoms with Gasteiger partial charge in [0.1, 0.15) is 11.9 Å². The van der Waals surface area contributed by atoms with Crippen LogP contribution in [0.15, 0.2) is 55.1 Å². The molecule has 0 aliphatic heterocycles. The Morgan fingerprint density at radius 2 is 1.50 bits per heavy atom. The molecule has 7 heteroatoms. The molecule has 0 aliphatic rings. The zero-order valence-electron chi connectivity index (χ0n) is 17.6. The fourth-order valence-electron chi connectivity index (χ4n) is 3.39. The van der Waals surface area contributed by atoms with Gasteiger partial charge < -0.3 is 9.84 Å². The number of nitrogens with zero attached hydrogens (tertiary/aromatic N) is 3. The average molecular weight is 413 g/mol. The molecule has 3 rings (SSSR count). The largest absolute Gasteiger partial charge is 0.481 e. The molecular weight excluding hydrogens is 388 g/mol. The second-order valence-corrected chi connectivity index (χ2v) is 8.30. The third-order valence-electron chi connectivity index (χ3n) is 5.20. The van der Waals surface area contributed by atoms with E-state index in [0.717, 1.165) is 18.1 Å². The number of methoxy groups -OCH3 is 1. The van der Waals surface area contributed by atoms with Gasteiger partial charge in [0, 0.05) is 35.9 Å². The normalized spacial score (nSPS) is 14.3. The lowest BCUT2D eigenvalue weighted by atomic mass is 9.70. The first-order valence-electron chi connectivity index (χ1n) is 9.50. The minimum absolute atomic E-state index is 0.0471. The molecule has 30 heavy (non-hydrogen) atoms. The topological polar surface area (TPSA) is 68.1 Å². The molecule has 1 aromatic carbocycles. The Morgan fingerprint density at radius 1 is 0.867 bits per heavy atom. The average Bonchev–Trinajstić information content (AvgIpc) is 2.72. The second-order valence-electron chi connectivity index (χ2n) is 8.30. The van der Waals surface area contributed by atoms with E-state index in [1.165, 1.54) is 31.8 Å². The van der Waals surface area contributed by atoms with E-state index >= 15 is 0 Å². The molecule has 2 heterocycles. The highest BCUT2D eigenvalue weighted by Crippen LogP contribution is 2.46. The molecule has 0 spiro atoms. The number of rotatable bonds is 5. The van der Waals surface area contributed by atoms with Gasteiger partial charge in [-0.2, -0.15) is 0 Å². The summed E-state index contributed by atoms with van der Waals surface area (Å²) in [6, 6.07) is 9.59. The maximum absolute atomic E-state index is 13.4. The summed E-state index contributed by atoms with van der Waals surface area (Å²) < 4.78 is 32.2. The monoisotopic (exact) mass is 413 g/mol. The fraction of sp³-hybridized carbons (Fsp3) is 0.348. The third kappa shape index (κ3) is 3.89. The first kappa shape index (κ1) is 21.8. The molecule has 0 radical (unpaired) electrons. The van der Waals surface area contributed by atoms with Crippen molar-refractivity contribution in [3.63, 3.8) is 0 Å². The minimum Gasteiger partial charge on any atom is -0.481 e. The molecular formula is C23H25F2N3O2. The van der Waals surface area contributed by atoms with Gasteiger partial charge in [-0.05, 0) is 11.6 Å². The summed E-state index contributed by atoms with van der Waals surface area (Å²) >= 11 is 0. The van der Waals surface area contributed by atoms with Crippen LogP contribution in [0.1, 0.15) is 44.5 Å². The summed E-state index contributed by atoms with van der Waals surface area (Å²) in [6.07, 6.45) is 4.49. The molecule has 3 aromatic rings. The highest BCUT2D eigenvalue weighted by atomic mass is 19.3. The molecule has 2 aromatic heterocycles. The van der Waals surface area contributed by atoms with Crippen LogP contribution in [0.25, 0.3) is 11.1 Å². The van der Waals surface area contributed by atoms with Gasteiger partial charge in [-0.15, -0.1) is 0 Å². The van der Waals surface area contributed by atoms with Crippen molar-refractivity contribution in [3.05, 3.63) is 71.9 Å². The molecule has 1 N–H and O–H groups in total. The van der Waals surface area contributed by atoms with Crippen LogP contribution in [0.4, 0.5) is 8.78 Å². The number of alkyl halides is 2. The Bertz CT molecular complexity index is 1010. The summed E-state index contributed by atoms with van der Waals surface area (Å²) in [5, 5.41) is 11.8. The quantitative estimate of drug-likeness (QED) is 0.642. The number of hydrogen-bond acceptors (Lipinski definition) is 5. The Hall–Kier alpha value is -2.93. The fourth-order valence-corrected chi connectivity index (χ4v) is 3.39. The van der Waals surface area contributed by atoms with Gasteiger partial charge in [0.15, 0.2) is 0 Å². The standard InChI is InChI=1S/C23H25F2N3O2/c1-21(2,3)23(29,18-13-26-14-28-20(18)30-5)19-11-8-16(12-27-19)15-6-9-17(10-7-15)22(4,24)25/h6-14,29H,1-5H3. The van der Waals surface area contributed by atoms with Crippen LogP contribution in [-0.4, -0.2) is 27.2 Å². The Kier molecular flexibility index (Phi) is 5.60. The Labute approximate surface area is 174 Å². The lowest BCUT2D eigenvalue weighted by Crippen LogP contribution is -2.42. The van der Waals surface area contributed by atoms with Gasteiger partial charge in [0.2, 0.25) is 5.88 Å². The first-order valence-corrected chi connectivity index (χ1v) is 9.50. The summed E-state index contributed by atoms with van der Waals surface area (Å²) in [5.41, 5.74) is 0.0896. The van der Waals surface area contributed by atoms with Crippen molar-refractivity contribution in [1.82, 2.24) is 15.0 Å². The number of ether oxygens (including phenoxy) is 1. The summed E-state index contributed by atoms with van der Waals surface area (Å²) in [7, 11) is 1.48. The maximum Gasteiger partial charge on any atom is 0.270 e. The van der Waals surface area contributed by atoms with E-state index in [2.05, 4.69) is 15.0 Å². The molecule has 0 saturated carbocycles. The van der Waals surface area contributed by atoms with Gasteiger partial charge >= 0.3 is 0 Å². The van der Waals surface area contributed by atoms with Crippen LogP contribution >= 0.6 is 0 Å². The molecule has 1 atom stereocenters. The van der Waals surface area contributed by atoms with E-state index in [0.29, 0.717) is 11.3 Å². The number of halogens is 2. The van der Waals surface area contributed by atoms with Crippen molar-refractivity contribution in [3.8, 4) is 17.0 Å². The number of aromatic nitrogens is 3. The molecule has 1 unspecified atom stereocenters. The predicted molar refractivity (Wildman–Crippen MR) is 110 cm³/mol. The zero-order valence-corrected chi connectivity index (χ0v) is 17.6. The van der Waals surface area contributed by atoms with Crippen molar-refractivity contribution in [2.75, 3.05) is 7.11 Å². The van der Waals surface area contributed by atoms with Gasteiger partial charge in [-0.25, -0.2) is 18.7 Å². The number of pyridine rings is 1. The Balaban J connectivity index is 2.04. The van der Waals surface area contributed by atoms with Crippen LogP contribution in [0.5, 0.6) is 5.88 Å². The molecule has 0 aliphatic carbocycles. The van der Waals surface area contributed by atoms with E-state index < -0.39 is 16.9 Å². The maximum atomic E-state index is 13.4. The molecule has 0 fully saturated rings. The van der Waals surface area contributed by atoms with E-state index in [4.69, 9.17) is 4.74 Å². The van der Waals surface area contributed by atoms with E-state index in [1.807, 2.05) is 20.8 Å². The van der Waals surface area contributed by atoms with E-state index in [-0.39, 0.29) is 11.4 Å². The summed E-state index contributed by atoms with van der Waals surface area (Å²) in [6.45, 7) is 6.53. The van der Waals surface area contributed by atoms with Crippen LogP contribution < -0.4 is 4.74 Å². The van der Waals surface area contributed by atoms with Crippen molar-refractivity contribution in [1.29, 1.82) is 0 Å². The van der Waals surface area contributed by atoms with E-state index in [1.54, 1.807) is 30.5 Å². The molecule has 5 nitrogen and oxygen atoms in total. The summed E-state index contributed by atoms with van der Waals surface area (Å²) in [5.74, 6) is -2.62. The lowest BCUT2D eigenvalue weighted by molar-refractivity contribution is -0.0319. The number of hydrogen-bond donors (Lipinski definition) is 1. The number of benzene rings is 1. The third-order valence-corrected chi connectivity index (χ3v) is 5.20. The predicted octanol–water partition coefficient (Wildman–Crippen LogP) is 4.94. The highest BCUT2D eigenvalue weighted by molar-refractivity contribution is 5.63. The first-order chi connectivity index (χ1) is 14.0. The van der Waals surface area contributed by atoms with Crippen molar-refractivity contribution in [2.24, 2.45) is 5.41 Å². The molecule has 158 valence electrons. The second kappa shape index (κ2) is 7.72. The number of aliphatic hydroxyl groups is 1. The van der Waals surface area contributed by atoms with Crippen molar-refractivity contribution < 1.29 is 18.6 Å². The van der Waals surface area contributed by atoms with Gasteiger partial charge in [0.25, 0.3) is 5.92 Å². The van der Waals surface area contributed by atoms with Crippen LogP contribution in [-0.2, 0) is 11.5 Å². The lowest BCUT2D eigenvalue weighted by Gasteiger charge is -2.40. The van der Waals surface area contributed by atoms with Gasteiger partial charge in [0.05, 0.1) is 18.4 Å². The molecule has 0 saturated heterocycles. The van der Waals surface area contributed by atoms with Crippen molar-refractivity contribution in [2.45, 2.75) is 39.2 Å². The molecule has 0 bridgehead atoms. The SMILES string of the molecule is COc1ncncc1C(O)(c1ccc(-c2ccc(C(C)(F)F)cc2)cn1)C(C)(C)C. The highest BCUT2D eigenvalue weighted by Gasteiger charge is 2.47. The van der Waals surface area contributed by atoms with Crippen LogP contribution in [0, 0.1) is 5.41 Å². The van der Waals surface area contributed by atoms with E-state index in [9.17, 15) is 13.9 Å². The van der Waals surface area contributed by atoms with Gasteiger partial charge in [-0.1, -0.05) is 51.1 Å². The van der Waals surface area contributed by atoms with Crippen molar-refractivity contribution >= 4 is 0 Å². The Morgan fingerprint density at radius 3 is 2.00 bits per heavy atom. The minimum atomic E-state index is -2.89. The summed E-state index contributed by atoms with van der Waals surface area (Å²) in [4.78, 5) is 12.7. The molecule has 0 amide bonds. The van der Waals surface area contributed by atoms with Crippen LogP contribution in [0.3, 0.4) is 0 Å². The van der Waals surface area contributed by atoms with Crippen LogP contribution in [0.2, 0.25) is 0 Å².